The molecule has 0 saturated heterocycles. The minimum atomic E-state index is -0.426. The van der Waals surface area contributed by atoms with E-state index in [4.69, 9.17) is 5.73 Å². The van der Waals surface area contributed by atoms with Gasteiger partial charge in [0.2, 0.25) is 5.91 Å². The van der Waals surface area contributed by atoms with Crippen LogP contribution in [0.1, 0.15) is 38.5 Å². The molecular weight excluding hydrogens is 296 g/mol. The number of rotatable bonds is 8. The number of anilines is 1. The minimum Gasteiger partial charge on any atom is -0.385 e. The largest absolute Gasteiger partial charge is 0.385 e. The molecule has 0 spiro atoms. The maximum absolute atomic E-state index is 12.0. The maximum atomic E-state index is 12.0. The molecule has 7 heteroatoms. The monoisotopic (exact) mass is 320 g/mol. The molecule has 0 atom stereocenters. The molecule has 23 heavy (non-hydrogen) atoms. The number of hydrogen-bond acceptors (Lipinski definition) is 5. The van der Waals surface area contributed by atoms with Crippen LogP contribution in [-0.2, 0) is 4.79 Å². The van der Waals surface area contributed by atoms with Crippen LogP contribution >= 0.6 is 0 Å². The van der Waals surface area contributed by atoms with Crippen LogP contribution in [0.5, 0.6) is 0 Å². The van der Waals surface area contributed by atoms with Crippen molar-refractivity contribution >= 4 is 17.3 Å². The fourth-order valence-electron chi connectivity index (χ4n) is 2.97. The lowest BCUT2D eigenvalue weighted by atomic mass is 9.97. The Hall–Kier alpha value is -2.15. The van der Waals surface area contributed by atoms with Crippen LogP contribution in [0.4, 0.5) is 11.4 Å². The van der Waals surface area contributed by atoms with E-state index in [9.17, 15) is 14.9 Å². The van der Waals surface area contributed by atoms with Gasteiger partial charge < -0.3 is 16.4 Å². The van der Waals surface area contributed by atoms with Crippen molar-refractivity contribution < 1.29 is 9.72 Å². The van der Waals surface area contributed by atoms with Gasteiger partial charge in [-0.2, -0.15) is 0 Å². The highest BCUT2D eigenvalue weighted by Gasteiger charge is 2.33. The van der Waals surface area contributed by atoms with E-state index in [1.54, 1.807) is 12.1 Å². The van der Waals surface area contributed by atoms with E-state index in [2.05, 4.69) is 10.6 Å². The summed E-state index contributed by atoms with van der Waals surface area (Å²) in [5, 5.41) is 16.8. The number of hydrogen-bond donors (Lipinski definition) is 3. The molecule has 0 heterocycles. The van der Waals surface area contributed by atoms with Crippen LogP contribution < -0.4 is 16.4 Å². The van der Waals surface area contributed by atoms with Crippen molar-refractivity contribution in [2.75, 3.05) is 18.4 Å². The molecule has 1 saturated carbocycles. The molecule has 2 rings (SSSR count). The van der Waals surface area contributed by atoms with Gasteiger partial charge in [-0.1, -0.05) is 12.8 Å². The van der Waals surface area contributed by atoms with Gasteiger partial charge in [0.1, 0.15) is 0 Å². The number of nitrogens with one attached hydrogen (secondary N) is 2. The summed E-state index contributed by atoms with van der Waals surface area (Å²) < 4.78 is 0. The molecule has 0 aliphatic heterocycles. The Labute approximate surface area is 135 Å². The number of nitro groups is 1. The lowest BCUT2D eigenvalue weighted by molar-refractivity contribution is -0.384. The zero-order valence-electron chi connectivity index (χ0n) is 13.2. The SMILES string of the molecule is NCC1(NC(=O)CCCNc2ccc([N+](=O)[O-])cc2)CCCC1. The Morgan fingerprint density at radius 1 is 1.26 bits per heavy atom. The number of benzene rings is 1. The lowest BCUT2D eigenvalue weighted by Gasteiger charge is -2.28. The van der Waals surface area contributed by atoms with Crippen molar-refractivity contribution in [2.45, 2.75) is 44.1 Å². The molecule has 1 aromatic rings. The average Bonchev–Trinajstić information content (AvgIpc) is 3.01. The second kappa shape index (κ2) is 7.92. The minimum absolute atomic E-state index is 0.0443. The molecule has 7 nitrogen and oxygen atoms in total. The molecule has 0 radical (unpaired) electrons. The normalized spacial score (nSPS) is 16.0. The summed E-state index contributed by atoms with van der Waals surface area (Å²) in [6, 6.07) is 6.25. The standard InChI is InChI=1S/C16H24N4O3/c17-12-16(9-1-2-10-16)19-15(21)4-3-11-18-13-5-7-14(8-6-13)20(22)23/h5-8,18H,1-4,9-12,17H2,(H,19,21). The summed E-state index contributed by atoms with van der Waals surface area (Å²) in [6.45, 7) is 1.14. The summed E-state index contributed by atoms with van der Waals surface area (Å²) in [6.07, 6.45) is 5.33. The molecule has 1 aromatic carbocycles. The van der Waals surface area contributed by atoms with Crippen LogP contribution in [0.15, 0.2) is 24.3 Å². The first-order chi connectivity index (χ1) is 11.0. The van der Waals surface area contributed by atoms with Crippen molar-refractivity contribution in [3.63, 3.8) is 0 Å². The van der Waals surface area contributed by atoms with Crippen molar-refractivity contribution in [1.82, 2.24) is 5.32 Å². The Morgan fingerprint density at radius 2 is 1.91 bits per heavy atom. The second-order valence-corrected chi connectivity index (χ2v) is 6.07. The molecule has 1 aliphatic rings. The van der Waals surface area contributed by atoms with E-state index in [0.717, 1.165) is 31.4 Å². The Morgan fingerprint density at radius 3 is 2.48 bits per heavy atom. The molecule has 1 amide bonds. The quantitative estimate of drug-likeness (QED) is 0.386. The van der Waals surface area contributed by atoms with Crippen molar-refractivity contribution in [2.24, 2.45) is 5.73 Å². The van der Waals surface area contributed by atoms with E-state index in [-0.39, 0.29) is 17.1 Å². The average molecular weight is 320 g/mol. The van der Waals surface area contributed by atoms with Crippen molar-refractivity contribution in [3.8, 4) is 0 Å². The fourth-order valence-corrected chi connectivity index (χ4v) is 2.97. The smallest absolute Gasteiger partial charge is 0.269 e. The van der Waals surface area contributed by atoms with E-state index >= 15 is 0 Å². The van der Waals surface area contributed by atoms with Gasteiger partial charge >= 0.3 is 0 Å². The molecule has 0 aromatic heterocycles. The van der Waals surface area contributed by atoms with Gasteiger partial charge in [0.05, 0.1) is 10.5 Å². The van der Waals surface area contributed by atoms with Gasteiger partial charge in [0, 0.05) is 37.3 Å². The number of amides is 1. The van der Waals surface area contributed by atoms with Gasteiger partial charge in [0.15, 0.2) is 0 Å². The van der Waals surface area contributed by atoms with E-state index in [1.165, 1.54) is 12.1 Å². The first-order valence-electron chi connectivity index (χ1n) is 8.04. The second-order valence-electron chi connectivity index (χ2n) is 6.07. The molecule has 126 valence electrons. The van der Waals surface area contributed by atoms with Crippen molar-refractivity contribution in [1.29, 1.82) is 0 Å². The molecule has 0 unspecified atom stereocenters. The van der Waals surface area contributed by atoms with Gasteiger partial charge in [-0.05, 0) is 31.4 Å². The Kier molecular flexibility index (Phi) is 5.92. The third-order valence-corrected chi connectivity index (χ3v) is 4.34. The van der Waals surface area contributed by atoms with Gasteiger partial charge in [0.25, 0.3) is 5.69 Å². The van der Waals surface area contributed by atoms with Crippen LogP contribution in [-0.4, -0.2) is 29.5 Å². The van der Waals surface area contributed by atoms with E-state index in [1.807, 2.05) is 0 Å². The van der Waals surface area contributed by atoms with Gasteiger partial charge in [-0.3, -0.25) is 14.9 Å². The summed E-state index contributed by atoms with van der Waals surface area (Å²) in [4.78, 5) is 22.2. The number of non-ortho nitro benzene ring substituents is 1. The molecule has 1 aliphatic carbocycles. The molecule has 1 fully saturated rings. The molecule has 0 bridgehead atoms. The first-order valence-corrected chi connectivity index (χ1v) is 8.04. The highest BCUT2D eigenvalue weighted by atomic mass is 16.6. The van der Waals surface area contributed by atoms with Crippen LogP contribution in [0.3, 0.4) is 0 Å². The van der Waals surface area contributed by atoms with Crippen LogP contribution in [0, 0.1) is 10.1 Å². The number of nitrogens with zero attached hydrogens (tertiary/aromatic N) is 1. The van der Waals surface area contributed by atoms with Crippen molar-refractivity contribution in [3.05, 3.63) is 34.4 Å². The fraction of sp³-hybridized carbons (Fsp3) is 0.562. The summed E-state index contributed by atoms with van der Waals surface area (Å²) >= 11 is 0. The van der Waals surface area contributed by atoms with Crippen LogP contribution in [0.25, 0.3) is 0 Å². The predicted molar refractivity (Wildman–Crippen MR) is 89.2 cm³/mol. The highest BCUT2D eigenvalue weighted by Crippen LogP contribution is 2.28. The molecular formula is C16H24N4O3. The number of carbonyl (C=O) groups is 1. The summed E-state index contributed by atoms with van der Waals surface area (Å²) in [7, 11) is 0. The van der Waals surface area contributed by atoms with Gasteiger partial charge in [-0.15, -0.1) is 0 Å². The Balaban J connectivity index is 1.68. The number of nitro benzene ring substituents is 1. The number of carbonyl (C=O) groups excluding carboxylic acids is 1. The van der Waals surface area contributed by atoms with Gasteiger partial charge in [-0.25, -0.2) is 0 Å². The molecule has 4 N–H and O–H groups in total. The summed E-state index contributed by atoms with van der Waals surface area (Å²) in [5.74, 6) is 0.0443. The van der Waals surface area contributed by atoms with E-state index in [0.29, 0.717) is 25.9 Å². The summed E-state index contributed by atoms with van der Waals surface area (Å²) in [5.41, 5.74) is 6.49. The zero-order chi connectivity index (χ0) is 16.7. The third kappa shape index (κ3) is 4.92. The third-order valence-electron chi connectivity index (χ3n) is 4.34. The number of nitrogens with two attached hydrogens (primary N) is 1. The maximum Gasteiger partial charge on any atom is 0.269 e. The lowest BCUT2D eigenvalue weighted by Crippen LogP contribution is -2.51. The first kappa shape index (κ1) is 17.2. The zero-order valence-corrected chi connectivity index (χ0v) is 13.2. The Bertz CT molecular complexity index is 539. The predicted octanol–water partition coefficient (Wildman–Crippen LogP) is 2.17. The topological polar surface area (TPSA) is 110 Å². The highest BCUT2D eigenvalue weighted by molar-refractivity contribution is 5.76. The van der Waals surface area contributed by atoms with Crippen LogP contribution in [0.2, 0.25) is 0 Å². The van der Waals surface area contributed by atoms with E-state index < -0.39 is 4.92 Å².